The molecule has 0 saturated carbocycles. The molecule has 0 saturated heterocycles. The van der Waals surface area contributed by atoms with Crippen LogP contribution in [0.5, 0.6) is 0 Å². The zero-order valence-corrected chi connectivity index (χ0v) is 32.7. The predicted molar refractivity (Wildman–Crippen MR) is 227 cm³/mol. The maximum Gasteiger partial charge on any atom is 0.197 e. The average molecular weight is 739 g/mol. The number of fused-ring (bicyclic) bond motifs is 9. The van der Waals surface area contributed by atoms with E-state index < -0.39 is 10.8 Å². The summed E-state index contributed by atoms with van der Waals surface area (Å²) in [6.07, 6.45) is 7.97. The average Bonchev–Trinajstić information content (AvgIpc) is 3.83. The van der Waals surface area contributed by atoms with E-state index in [2.05, 4.69) is 78.0 Å². The van der Waals surface area contributed by atoms with Crippen LogP contribution in [0.2, 0.25) is 0 Å². The minimum absolute atomic E-state index is 0.217. The van der Waals surface area contributed by atoms with E-state index in [0.717, 1.165) is 54.9 Å². The van der Waals surface area contributed by atoms with E-state index in [4.69, 9.17) is 0 Å². The Hall–Kier alpha value is -6.52. The van der Waals surface area contributed by atoms with E-state index in [1.807, 2.05) is 84.9 Å². The monoisotopic (exact) mass is 738 g/mol. The maximum atomic E-state index is 13.7. The molecule has 0 aliphatic heterocycles. The van der Waals surface area contributed by atoms with Crippen LogP contribution in [0.4, 0.5) is 0 Å². The zero-order valence-electron chi connectivity index (χ0n) is 32.7. The van der Waals surface area contributed by atoms with Crippen LogP contribution in [-0.4, -0.2) is 23.1 Å². The Morgan fingerprint density at radius 1 is 0.368 bits per heavy atom. The van der Waals surface area contributed by atoms with Crippen molar-refractivity contribution < 1.29 is 19.2 Å². The van der Waals surface area contributed by atoms with Gasteiger partial charge in [-0.25, -0.2) is 0 Å². The van der Waals surface area contributed by atoms with Crippen molar-refractivity contribution in [2.24, 2.45) is 0 Å². The first kappa shape index (κ1) is 33.8. The fourth-order valence-corrected chi connectivity index (χ4v) is 10.2. The summed E-state index contributed by atoms with van der Waals surface area (Å²) in [5.41, 5.74) is 12.4. The number of ketones is 4. The van der Waals surface area contributed by atoms with E-state index in [0.29, 0.717) is 22.3 Å². The standard InChI is InChI=1S/C53H38O4/c1-51(2)33(23-41-47(54)37-17-27-11-7-8-12-28(27)18-38(37)48(41)55)15-31-21-45-35(25-43(31)51)36-26-44-32(22-46(36)53(45,5)6)16-34(52(44,3)4)24-42-49(56)39-19-29-13-9-10-14-30(29)20-40(39)50(42)57/h7-26H,1-6H3. The van der Waals surface area contributed by atoms with Crippen LogP contribution in [-0.2, 0) is 16.2 Å². The van der Waals surface area contributed by atoms with Crippen LogP contribution in [0.3, 0.4) is 0 Å². The Kier molecular flexibility index (Phi) is 6.44. The Labute approximate surface area is 330 Å². The zero-order chi connectivity index (χ0) is 39.5. The molecule has 0 heterocycles. The molecule has 4 heteroatoms. The number of allylic oxidation sites excluding steroid dienone is 6. The first-order chi connectivity index (χ1) is 27.1. The molecule has 0 unspecified atom stereocenters. The fourth-order valence-electron chi connectivity index (χ4n) is 10.2. The van der Waals surface area contributed by atoms with Crippen molar-refractivity contribution in [1.82, 2.24) is 0 Å². The molecule has 0 spiro atoms. The van der Waals surface area contributed by atoms with Gasteiger partial charge >= 0.3 is 0 Å². The molecule has 0 amide bonds. The molecule has 11 rings (SSSR count). The summed E-state index contributed by atoms with van der Waals surface area (Å²) in [5.74, 6) is -0.867. The van der Waals surface area contributed by atoms with Gasteiger partial charge in [-0.15, -0.1) is 0 Å². The van der Waals surface area contributed by atoms with Crippen molar-refractivity contribution in [3.63, 3.8) is 0 Å². The van der Waals surface area contributed by atoms with Crippen LogP contribution in [0.25, 0.3) is 44.8 Å². The number of carbonyl (C=O) groups excluding carboxylic acids is 4. The van der Waals surface area contributed by atoms with E-state index in [-0.39, 0.29) is 39.7 Å². The lowest BCUT2D eigenvalue weighted by molar-refractivity contribution is 0.0973. The molecular formula is C53H38O4. The van der Waals surface area contributed by atoms with Gasteiger partial charge in [0.15, 0.2) is 23.1 Å². The number of hydrogen-bond acceptors (Lipinski definition) is 4. The molecular weight excluding hydrogens is 701 g/mol. The molecule has 4 nitrogen and oxygen atoms in total. The van der Waals surface area contributed by atoms with Crippen molar-refractivity contribution in [1.29, 1.82) is 0 Å². The number of benzene rings is 6. The highest BCUT2D eigenvalue weighted by atomic mass is 16.2. The van der Waals surface area contributed by atoms with Crippen molar-refractivity contribution in [2.45, 2.75) is 57.8 Å². The summed E-state index contributed by atoms with van der Waals surface area (Å²) in [5, 5.41) is 3.78. The molecule has 0 N–H and O–H groups in total. The number of Topliss-reactive ketones (excluding diaryl/α,β-unsaturated/α-hetero) is 4. The first-order valence-corrected chi connectivity index (χ1v) is 19.6. The SMILES string of the molecule is CC1(C)C(C=C2C(=O)c3cc4ccccc4cc3C2=O)=Cc2cc3c(cc21)-c1cc2c(cc1C3(C)C)C=C(C=C1C(=O)c3cc4ccccc4cc3C1=O)C2(C)C. The molecule has 6 aromatic rings. The second-order valence-corrected chi connectivity index (χ2v) is 18.0. The third-order valence-corrected chi connectivity index (χ3v) is 13.8. The number of rotatable bonds is 2. The highest BCUT2D eigenvalue weighted by Gasteiger charge is 2.44. The largest absolute Gasteiger partial charge is 0.288 e. The van der Waals surface area contributed by atoms with E-state index in [1.54, 1.807) is 0 Å². The lowest BCUT2D eigenvalue weighted by atomic mass is 9.77. The summed E-state index contributed by atoms with van der Waals surface area (Å²) in [4.78, 5) is 55.0. The summed E-state index contributed by atoms with van der Waals surface area (Å²) in [7, 11) is 0. The summed E-state index contributed by atoms with van der Waals surface area (Å²) < 4.78 is 0. The van der Waals surface area contributed by atoms with Gasteiger partial charge in [-0.2, -0.15) is 0 Å². The molecule has 0 radical (unpaired) electrons. The first-order valence-electron chi connectivity index (χ1n) is 19.6. The molecule has 0 bridgehead atoms. The molecule has 0 atom stereocenters. The van der Waals surface area contributed by atoms with Gasteiger partial charge in [0.2, 0.25) is 0 Å². The molecule has 0 aromatic heterocycles. The van der Waals surface area contributed by atoms with Gasteiger partial charge in [0, 0.05) is 38.5 Å². The summed E-state index contributed by atoms with van der Waals surface area (Å²) in [6.45, 7) is 13.2. The van der Waals surface area contributed by atoms with Gasteiger partial charge in [-0.1, -0.05) is 102 Å². The highest BCUT2D eigenvalue weighted by molar-refractivity contribution is 6.41. The second-order valence-electron chi connectivity index (χ2n) is 18.0. The van der Waals surface area contributed by atoms with E-state index >= 15 is 0 Å². The van der Waals surface area contributed by atoms with Crippen molar-refractivity contribution in [2.75, 3.05) is 0 Å². The Morgan fingerprint density at radius 3 is 1.00 bits per heavy atom. The van der Waals surface area contributed by atoms with Crippen LogP contribution in [0, 0.1) is 0 Å². The van der Waals surface area contributed by atoms with Gasteiger partial charge < -0.3 is 0 Å². The van der Waals surface area contributed by atoms with E-state index in [9.17, 15) is 19.2 Å². The fraction of sp³-hybridized carbons (Fsp3) is 0.170. The van der Waals surface area contributed by atoms with Gasteiger partial charge in [0.25, 0.3) is 0 Å². The van der Waals surface area contributed by atoms with E-state index in [1.165, 1.54) is 22.3 Å². The molecule has 6 aromatic carbocycles. The summed E-state index contributed by atoms with van der Waals surface area (Å²) in [6, 6.07) is 32.3. The van der Waals surface area contributed by atoms with Gasteiger partial charge in [0.1, 0.15) is 0 Å². The molecule has 5 aliphatic carbocycles. The van der Waals surface area contributed by atoms with Crippen LogP contribution in [0.1, 0.15) is 116 Å². The topological polar surface area (TPSA) is 68.3 Å². The van der Waals surface area contributed by atoms with Crippen molar-refractivity contribution in [3.8, 4) is 11.1 Å². The predicted octanol–water partition coefficient (Wildman–Crippen LogP) is 11.7. The van der Waals surface area contributed by atoms with Gasteiger partial charge in [-0.05, 0) is 138 Å². The Balaban J connectivity index is 0.950. The molecule has 57 heavy (non-hydrogen) atoms. The van der Waals surface area contributed by atoms with Gasteiger partial charge in [0.05, 0.1) is 11.1 Å². The number of hydrogen-bond donors (Lipinski definition) is 0. The molecule has 5 aliphatic rings. The van der Waals surface area contributed by atoms with Gasteiger partial charge in [-0.3, -0.25) is 19.2 Å². The maximum absolute atomic E-state index is 13.7. The lowest BCUT2D eigenvalue weighted by Gasteiger charge is -2.26. The Bertz CT molecular complexity index is 2830. The van der Waals surface area contributed by atoms with Crippen LogP contribution in [0.15, 0.2) is 132 Å². The number of carbonyl (C=O) groups is 4. The smallest absolute Gasteiger partial charge is 0.197 e. The minimum atomic E-state index is -0.453. The molecule has 274 valence electrons. The lowest BCUT2D eigenvalue weighted by Crippen LogP contribution is -2.19. The van der Waals surface area contributed by atoms with Crippen molar-refractivity contribution >= 4 is 56.8 Å². The quantitative estimate of drug-likeness (QED) is 0.131. The Morgan fingerprint density at radius 2 is 0.684 bits per heavy atom. The van der Waals surface area contributed by atoms with Crippen molar-refractivity contribution in [3.05, 3.63) is 187 Å². The van der Waals surface area contributed by atoms with Crippen LogP contribution >= 0.6 is 0 Å². The molecule has 0 fully saturated rings. The highest BCUT2D eigenvalue weighted by Crippen LogP contribution is 2.56. The van der Waals surface area contributed by atoms with Crippen LogP contribution < -0.4 is 0 Å². The second kappa shape index (κ2) is 10.9. The normalized spacial score (nSPS) is 18.7. The third kappa shape index (κ3) is 4.39. The summed E-state index contributed by atoms with van der Waals surface area (Å²) >= 11 is 0. The third-order valence-electron chi connectivity index (χ3n) is 13.8. The minimum Gasteiger partial charge on any atom is -0.288 e.